The van der Waals surface area contributed by atoms with Crippen LogP contribution in [0.25, 0.3) is 0 Å². The second kappa shape index (κ2) is 6.36. The largest absolute Gasteiger partial charge is 0.389 e. The van der Waals surface area contributed by atoms with Gasteiger partial charge in [0, 0.05) is 18.6 Å². The number of nitrogens with one attached hydrogen (secondary N) is 1. The number of piperidine rings is 1. The summed E-state index contributed by atoms with van der Waals surface area (Å²) in [6.07, 6.45) is 9.63. The fourth-order valence-electron chi connectivity index (χ4n) is 3.72. The van der Waals surface area contributed by atoms with Crippen molar-refractivity contribution >= 4 is 0 Å². The number of hydrogen-bond acceptors (Lipinski definition) is 3. The molecule has 2 rings (SSSR count). The normalized spacial score (nSPS) is 31.2. The van der Waals surface area contributed by atoms with E-state index >= 15 is 0 Å². The number of aliphatic hydroxyl groups is 1. The zero-order valence-electron chi connectivity index (χ0n) is 12.1. The Morgan fingerprint density at radius 3 is 2.61 bits per heavy atom. The van der Waals surface area contributed by atoms with Crippen LogP contribution in [-0.2, 0) is 0 Å². The Kier molecular flexibility index (Phi) is 5.05. The molecule has 0 spiro atoms. The molecule has 0 radical (unpaired) electrons. The Balaban J connectivity index is 1.96. The molecular weight excluding hydrogens is 224 g/mol. The van der Waals surface area contributed by atoms with Gasteiger partial charge >= 0.3 is 0 Å². The Bertz CT molecular complexity index is 251. The molecule has 3 nitrogen and oxygen atoms in total. The number of likely N-dealkylation sites (N-methyl/N-ethyl adjacent to an activating group) is 1. The third kappa shape index (κ3) is 3.46. The van der Waals surface area contributed by atoms with Crippen LogP contribution < -0.4 is 5.32 Å². The van der Waals surface area contributed by atoms with E-state index < -0.39 is 5.60 Å². The first-order valence-corrected chi connectivity index (χ1v) is 7.78. The van der Waals surface area contributed by atoms with Crippen molar-refractivity contribution in [3.63, 3.8) is 0 Å². The molecule has 3 heteroatoms. The van der Waals surface area contributed by atoms with Gasteiger partial charge in [-0.15, -0.1) is 0 Å². The molecule has 1 aliphatic heterocycles. The number of hydrogen-bond donors (Lipinski definition) is 2. The van der Waals surface area contributed by atoms with Gasteiger partial charge in [-0.25, -0.2) is 0 Å². The number of rotatable bonds is 4. The molecule has 2 N–H and O–H groups in total. The highest BCUT2D eigenvalue weighted by atomic mass is 16.3. The number of β-amino-alcohol motifs (C(OH)–C–C–N with tert-alkyl or cyclic N) is 1. The second-order valence-corrected chi connectivity index (χ2v) is 6.40. The summed E-state index contributed by atoms with van der Waals surface area (Å²) in [5, 5.41) is 14.1. The molecule has 0 aromatic carbocycles. The van der Waals surface area contributed by atoms with Crippen molar-refractivity contribution in [1.29, 1.82) is 0 Å². The molecule has 18 heavy (non-hydrogen) atoms. The lowest BCUT2D eigenvalue weighted by Crippen LogP contribution is -2.55. The lowest BCUT2D eigenvalue weighted by Gasteiger charge is -2.44. The average Bonchev–Trinajstić information content (AvgIpc) is 2.39. The summed E-state index contributed by atoms with van der Waals surface area (Å²) in [6.45, 7) is 4.33. The van der Waals surface area contributed by atoms with Crippen LogP contribution in [0, 0.1) is 0 Å². The van der Waals surface area contributed by atoms with Gasteiger partial charge in [-0.05, 0) is 46.2 Å². The van der Waals surface area contributed by atoms with Crippen molar-refractivity contribution < 1.29 is 5.11 Å². The first-order chi connectivity index (χ1) is 8.64. The smallest absolute Gasteiger partial charge is 0.0774 e. The molecule has 1 aliphatic carbocycles. The standard InChI is InChI=1S/C15H30N2O/c1-13(16-2)14-8-4-7-11-17(14)12-15(18)9-5-3-6-10-15/h13-14,16,18H,3-12H2,1-2H3. The van der Waals surface area contributed by atoms with Crippen LogP contribution in [0.15, 0.2) is 0 Å². The summed E-state index contributed by atoms with van der Waals surface area (Å²) in [7, 11) is 2.05. The Hall–Kier alpha value is -0.120. The summed E-state index contributed by atoms with van der Waals surface area (Å²) >= 11 is 0. The topological polar surface area (TPSA) is 35.5 Å². The first-order valence-electron chi connectivity index (χ1n) is 7.78. The van der Waals surface area contributed by atoms with E-state index in [-0.39, 0.29) is 0 Å². The van der Waals surface area contributed by atoms with E-state index in [2.05, 4.69) is 17.1 Å². The van der Waals surface area contributed by atoms with E-state index in [1.807, 2.05) is 7.05 Å². The fourth-order valence-corrected chi connectivity index (χ4v) is 3.72. The third-order valence-electron chi connectivity index (χ3n) is 4.98. The average molecular weight is 254 g/mol. The maximum Gasteiger partial charge on any atom is 0.0774 e. The molecule has 0 aromatic heterocycles. The van der Waals surface area contributed by atoms with Crippen LogP contribution in [0.5, 0.6) is 0 Å². The highest BCUT2D eigenvalue weighted by Crippen LogP contribution is 2.31. The monoisotopic (exact) mass is 254 g/mol. The fraction of sp³-hybridized carbons (Fsp3) is 1.00. The SMILES string of the molecule is CNC(C)C1CCCCN1CC1(O)CCCCC1. The van der Waals surface area contributed by atoms with E-state index in [0.29, 0.717) is 12.1 Å². The highest BCUT2D eigenvalue weighted by Gasteiger charge is 2.35. The van der Waals surface area contributed by atoms with Gasteiger partial charge in [0.2, 0.25) is 0 Å². The van der Waals surface area contributed by atoms with Gasteiger partial charge in [0.05, 0.1) is 5.60 Å². The summed E-state index contributed by atoms with van der Waals surface area (Å²) < 4.78 is 0. The summed E-state index contributed by atoms with van der Waals surface area (Å²) in [6, 6.07) is 1.13. The molecule has 2 atom stereocenters. The summed E-state index contributed by atoms with van der Waals surface area (Å²) in [5.41, 5.74) is -0.401. The Morgan fingerprint density at radius 1 is 1.22 bits per heavy atom. The Morgan fingerprint density at radius 2 is 1.94 bits per heavy atom. The van der Waals surface area contributed by atoms with E-state index in [4.69, 9.17) is 0 Å². The number of nitrogens with zero attached hydrogens (tertiary/aromatic N) is 1. The molecule has 106 valence electrons. The van der Waals surface area contributed by atoms with E-state index in [0.717, 1.165) is 19.4 Å². The van der Waals surface area contributed by atoms with E-state index in [1.54, 1.807) is 0 Å². The summed E-state index contributed by atoms with van der Waals surface area (Å²) in [5.74, 6) is 0. The number of likely N-dealkylation sites (tertiary alicyclic amines) is 1. The van der Waals surface area contributed by atoms with Crippen LogP contribution in [-0.4, -0.2) is 47.8 Å². The maximum atomic E-state index is 10.7. The van der Waals surface area contributed by atoms with Crippen molar-refractivity contribution in [3.05, 3.63) is 0 Å². The van der Waals surface area contributed by atoms with Gasteiger partial charge in [-0.3, -0.25) is 4.90 Å². The van der Waals surface area contributed by atoms with Gasteiger partial charge in [0.15, 0.2) is 0 Å². The first kappa shape index (κ1) is 14.3. The highest BCUT2D eigenvalue weighted by molar-refractivity contribution is 4.91. The second-order valence-electron chi connectivity index (χ2n) is 6.40. The minimum atomic E-state index is -0.401. The van der Waals surface area contributed by atoms with Gasteiger partial charge in [-0.2, -0.15) is 0 Å². The quantitative estimate of drug-likeness (QED) is 0.807. The predicted octanol–water partition coefficient (Wildman–Crippen LogP) is 2.14. The van der Waals surface area contributed by atoms with Crippen molar-refractivity contribution in [2.45, 2.75) is 76.0 Å². The summed E-state index contributed by atoms with van der Waals surface area (Å²) in [4.78, 5) is 2.55. The lowest BCUT2D eigenvalue weighted by atomic mass is 9.83. The molecule has 2 unspecified atom stereocenters. The van der Waals surface area contributed by atoms with E-state index in [1.165, 1.54) is 45.1 Å². The van der Waals surface area contributed by atoms with E-state index in [9.17, 15) is 5.11 Å². The van der Waals surface area contributed by atoms with Crippen molar-refractivity contribution in [2.24, 2.45) is 0 Å². The van der Waals surface area contributed by atoms with Gasteiger partial charge in [0.1, 0.15) is 0 Å². The predicted molar refractivity (Wildman–Crippen MR) is 75.8 cm³/mol. The molecule has 0 amide bonds. The molecule has 2 fully saturated rings. The van der Waals surface area contributed by atoms with Gasteiger partial charge in [-0.1, -0.05) is 25.7 Å². The van der Waals surface area contributed by atoms with Crippen LogP contribution in [0.1, 0.15) is 58.3 Å². The molecule has 0 aromatic rings. The zero-order valence-corrected chi connectivity index (χ0v) is 12.1. The minimum absolute atomic E-state index is 0.401. The Labute approximate surface area is 112 Å². The van der Waals surface area contributed by atoms with Crippen LogP contribution >= 0.6 is 0 Å². The molecule has 2 aliphatic rings. The van der Waals surface area contributed by atoms with Gasteiger partial charge in [0.25, 0.3) is 0 Å². The molecule has 0 bridgehead atoms. The van der Waals surface area contributed by atoms with Crippen molar-refractivity contribution in [3.8, 4) is 0 Å². The zero-order chi connectivity index (χ0) is 13.0. The van der Waals surface area contributed by atoms with Crippen molar-refractivity contribution in [1.82, 2.24) is 10.2 Å². The lowest BCUT2D eigenvalue weighted by molar-refractivity contribution is -0.0454. The molecular formula is C15H30N2O. The molecule has 1 saturated heterocycles. The molecule has 1 saturated carbocycles. The maximum absolute atomic E-state index is 10.7. The van der Waals surface area contributed by atoms with Crippen LogP contribution in [0.3, 0.4) is 0 Å². The minimum Gasteiger partial charge on any atom is -0.389 e. The van der Waals surface area contributed by atoms with Crippen molar-refractivity contribution in [2.75, 3.05) is 20.1 Å². The third-order valence-corrected chi connectivity index (χ3v) is 4.98. The van der Waals surface area contributed by atoms with Gasteiger partial charge < -0.3 is 10.4 Å². The van der Waals surface area contributed by atoms with Crippen LogP contribution in [0.2, 0.25) is 0 Å². The molecule has 1 heterocycles. The van der Waals surface area contributed by atoms with Crippen LogP contribution in [0.4, 0.5) is 0 Å².